The van der Waals surface area contributed by atoms with E-state index in [1.165, 1.54) is 5.56 Å². The Hall–Kier alpha value is -2.34. The Morgan fingerprint density at radius 3 is 2.34 bits per heavy atom. The van der Waals surface area contributed by atoms with E-state index < -0.39 is 0 Å². The zero-order valence-corrected chi connectivity index (χ0v) is 18.8. The second kappa shape index (κ2) is 11.0. The maximum Gasteiger partial charge on any atom is 0.216 e. The summed E-state index contributed by atoms with van der Waals surface area (Å²) in [6, 6.07) is 10.9. The zero-order chi connectivity index (χ0) is 21.3. The van der Waals surface area contributed by atoms with Crippen molar-refractivity contribution in [2.75, 3.05) is 13.1 Å². The Morgan fingerprint density at radius 2 is 1.79 bits per heavy atom. The van der Waals surface area contributed by atoms with Crippen LogP contribution in [0.25, 0.3) is 0 Å². The Labute approximate surface area is 175 Å². The molecule has 0 saturated heterocycles. The van der Waals surface area contributed by atoms with Gasteiger partial charge in [-0.3, -0.25) is 0 Å². The van der Waals surface area contributed by atoms with Crippen molar-refractivity contribution in [3.63, 3.8) is 0 Å². The van der Waals surface area contributed by atoms with Crippen molar-refractivity contribution in [1.82, 2.24) is 20.9 Å². The van der Waals surface area contributed by atoms with Crippen LogP contribution in [0.3, 0.4) is 0 Å². The lowest BCUT2D eigenvalue weighted by atomic mass is 9.90. The molecule has 0 aliphatic heterocycles. The number of nitrogens with zero attached hydrogens (tertiary/aromatic N) is 2. The van der Waals surface area contributed by atoms with Crippen LogP contribution in [0, 0.1) is 13.8 Å². The minimum Gasteiger partial charge on any atom is -0.444 e. The molecule has 0 amide bonds. The van der Waals surface area contributed by atoms with Crippen LogP contribution in [0.2, 0.25) is 0 Å². The van der Waals surface area contributed by atoms with Crippen molar-refractivity contribution >= 4 is 5.96 Å². The summed E-state index contributed by atoms with van der Waals surface area (Å²) in [5, 5.41) is 10.7. The molecule has 6 heteroatoms. The maximum atomic E-state index is 5.65. The molecule has 0 bridgehead atoms. The van der Waals surface area contributed by atoms with Gasteiger partial charge in [-0.1, -0.05) is 44.2 Å². The fourth-order valence-corrected chi connectivity index (χ4v) is 3.39. The number of rotatable bonds is 10. The van der Waals surface area contributed by atoms with Gasteiger partial charge in [-0.25, -0.2) is 9.98 Å². The van der Waals surface area contributed by atoms with Crippen LogP contribution in [0.5, 0.6) is 0 Å². The minimum atomic E-state index is -0.0262. The standard InChI is InChI=1S/C23H37N5O/c1-7-23(8-2,28-18(5)20-13-11-10-12-14-20)16-26-22(24-9-3)25-15-21-27-17(4)19(6)29-21/h10-14,18,28H,7-9,15-16H2,1-6H3,(H2,24,25,26). The van der Waals surface area contributed by atoms with Gasteiger partial charge >= 0.3 is 0 Å². The number of aromatic nitrogens is 1. The summed E-state index contributed by atoms with van der Waals surface area (Å²) < 4.78 is 5.65. The number of nitrogens with one attached hydrogen (secondary N) is 3. The summed E-state index contributed by atoms with van der Waals surface area (Å²) in [5.41, 5.74) is 2.19. The van der Waals surface area contributed by atoms with E-state index in [2.05, 4.69) is 84.0 Å². The summed E-state index contributed by atoms with van der Waals surface area (Å²) in [6.45, 7) is 14.6. The lowest BCUT2D eigenvalue weighted by Gasteiger charge is -2.37. The molecular formula is C23H37N5O. The van der Waals surface area contributed by atoms with Gasteiger partial charge in [-0.05, 0) is 46.1 Å². The molecule has 0 aliphatic carbocycles. The van der Waals surface area contributed by atoms with Crippen LogP contribution in [0.15, 0.2) is 39.7 Å². The van der Waals surface area contributed by atoms with Crippen molar-refractivity contribution in [1.29, 1.82) is 0 Å². The topological polar surface area (TPSA) is 74.5 Å². The highest BCUT2D eigenvalue weighted by Crippen LogP contribution is 2.21. The molecule has 29 heavy (non-hydrogen) atoms. The van der Waals surface area contributed by atoms with Crippen molar-refractivity contribution in [2.24, 2.45) is 4.99 Å². The van der Waals surface area contributed by atoms with Crippen LogP contribution in [-0.4, -0.2) is 29.6 Å². The predicted octanol–water partition coefficient (Wildman–Crippen LogP) is 4.26. The van der Waals surface area contributed by atoms with Crippen molar-refractivity contribution in [3.05, 3.63) is 53.2 Å². The third-order valence-electron chi connectivity index (χ3n) is 5.56. The second-order valence-electron chi connectivity index (χ2n) is 7.56. The first-order chi connectivity index (χ1) is 13.9. The van der Waals surface area contributed by atoms with Gasteiger partial charge < -0.3 is 20.4 Å². The summed E-state index contributed by atoms with van der Waals surface area (Å²) in [6.07, 6.45) is 2.04. The Balaban J connectivity index is 2.05. The molecule has 1 aromatic heterocycles. The average Bonchev–Trinajstić information content (AvgIpc) is 3.07. The molecule has 1 atom stereocenters. The Morgan fingerprint density at radius 1 is 1.10 bits per heavy atom. The Kier molecular flexibility index (Phi) is 8.70. The number of hydrogen-bond acceptors (Lipinski definition) is 4. The second-order valence-corrected chi connectivity index (χ2v) is 7.56. The van der Waals surface area contributed by atoms with E-state index in [1.807, 2.05) is 13.8 Å². The summed E-state index contributed by atoms with van der Waals surface area (Å²) in [7, 11) is 0. The molecule has 0 aliphatic rings. The molecule has 0 fully saturated rings. The van der Waals surface area contributed by atoms with Crippen molar-refractivity contribution < 1.29 is 4.42 Å². The first-order valence-electron chi connectivity index (χ1n) is 10.7. The molecular weight excluding hydrogens is 362 g/mol. The highest BCUT2D eigenvalue weighted by atomic mass is 16.4. The molecule has 160 valence electrons. The average molecular weight is 400 g/mol. The van der Waals surface area contributed by atoms with Crippen LogP contribution in [-0.2, 0) is 6.54 Å². The molecule has 6 nitrogen and oxygen atoms in total. The quantitative estimate of drug-likeness (QED) is 0.411. The van der Waals surface area contributed by atoms with Crippen LogP contribution >= 0.6 is 0 Å². The van der Waals surface area contributed by atoms with E-state index in [0.29, 0.717) is 12.4 Å². The van der Waals surface area contributed by atoms with Gasteiger partial charge in [0.15, 0.2) is 5.96 Å². The van der Waals surface area contributed by atoms with Crippen LogP contribution in [0.1, 0.15) is 69.5 Å². The highest BCUT2D eigenvalue weighted by molar-refractivity contribution is 5.79. The van der Waals surface area contributed by atoms with Crippen molar-refractivity contribution in [3.8, 4) is 0 Å². The van der Waals surface area contributed by atoms with Gasteiger partial charge in [0.05, 0.1) is 5.69 Å². The lowest BCUT2D eigenvalue weighted by molar-refractivity contribution is 0.271. The van der Waals surface area contributed by atoms with Crippen LogP contribution in [0.4, 0.5) is 0 Å². The molecule has 1 heterocycles. The molecule has 2 aromatic rings. The van der Waals surface area contributed by atoms with Gasteiger partial charge in [0.25, 0.3) is 0 Å². The highest BCUT2D eigenvalue weighted by Gasteiger charge is 2.28. The maximum absolute atomic E-state index is 5.65. The molecule has 3 N–H and O–H groups in total. The third-order valence-corrected chi connectivity index (χ3v) is 5.56. The normalized spacial score (nSPS) is 13.4. The first-order valence-corrected chi connectivity index (χ1v) is 10.7. The smallest absolute Gasteiger partial charge is 0.216 e. The first kappa shape index (κ1) is 22.9. The lowest BCUT2D eigenvalue weighted by Crippen LogP contribution is -2.55. The van der Waals surface area contributed by atoms with Gasteiger partial charge in [0.2, 0.25) is 5.89 Å². The van der Waals surface area contributed by atoms with Gasteiger partial charge in [0.1, 0.15) is 12.3 Å². The SMILES string of the molecule is CCNC(=NCc1nc(C)c(C)o1)NCC(CC)(CC)NC(C)c1ccccc1. The summed E-state index contributed by atoms with van der Waals surface area (Å²) in [4.78, 5) is 9.07. The fraction of sp³-hybridized carbons (Fsp3) is 0.565. The largest absolute Gasteiger partial charge is 0.444 e. The van der Waals surface area contributed by atoms with E-state index in [4.69, 9.17) is 4.42 Å². The number of hydrogen-bond donors (Lipinski definition) is 3. The third kappa shape index (κ3) is 6.60. The number of oxazole rings is 1. The zero-order valence-electron chi connectivity index (χ0n) is 18.8. The van der Waals surface area contributed by atoms with Gasteiger partial charge in [0, 0.05) is 24.7 Å². The van der Waals surface area contributed by atoms with Crippen molar-refractivity contribution in [2.45, 2.75) is 72.5 Å². The fourth-order valence-electron chi connectivity index (χ4n) is 3.39. The van der Waals surface area contributed by atoms with Gasteiger partial charge in [-0.15, -0.1) is 0 Å². The minimum absolute atomic E-state index is 0.0262. The van der Waals surface area contributed by atoms with E-state index >= 15 is 0 Å². The predicted molar refractivity (Wildman–Crippen MR) is 120 cm³/mol. The molecule has 1 aromatic carbocycles. The molecule has 2 rings (SSSR count). The number of benzene rings is 1. The molecule has 0 saturated carbocycles. The molecule has 0 spiro atoms. The summed E-state index contributed by atoms with van der Waals surface area (Å²) >= 11 is 0. The van der Waals surface area contributed by atoms with E-state index in [1.54, 1.807) is 0 Å². The van der Waals surface area contributed by atoms with E-state index in [0.717, 1.165) is 43.3 Å². The van der Waals surface area contributed by atoms with Crippen LogP contribution < -0.4 is 16.0 Å². The van der Waals surface area contributed by atoms with E-state index in [-0.39, 0.29) is 11.6 Å². The summed E-state index contributed by atoms with van der Waals surface area (Å²) in [5.74, 6) is 2.27. The van der Waals surface area contributed by atoms with Gasteiger partial charge in [-0.2, -0.15) is 0 Å². The molecule has 0 radical (unpaired) electrons. The Bertz CT molecular complexity index is 745. The monoisotopic (exact) mass is 399 g/mol. The number of aryl methyl sites for hydroxylation is 2. The number of aliphatic imine (C=N–C) groups is 1. The molecule has 1 unspecified atom stereocenters. The number of guanidine groups is 1. The van der Waals surface area contributed by atoms with E-state index in [9.17, 15) is 0 Å².